The Bertz CT molecular complexity index is 678. The van der Waals surface area contributed by atoms with Gasteiger partial charge in [-0.25, -0.2) is 0 Å². The minimum atomic E-state index is 0.885. The van der Waals surface area contributed by atoms with E-state index in [-0.39, 0.29) is 0 Å². The van der Waals surface area contributed by atoms with Crippen LogP contribution < -0.4 is 5.32 Å². The molecular weight excluding hydrogens is 242 g/mol. The van der Waals surface area contributed by atoms with Crippen LogP contribution in [0.1, 0.15) is 23.6 Å². The van der Waals surface area contributed by atoms with Crippen molar-refractivity contribution in [3.05, 3.63) is 82.9 Å². The molecular formula is C19H19N. The Morgan fingerprint density at radius 3 is 2.25 bits per heavy atom. The van der Waals surface area contributed by atoms with Gasteiger partial charge < -0.3 is 5.32 Å². The minimum Gasteiger partial charge on any atom is -0.380 e. The largest absolute Gasteiger partial charge is 0.380 e. The molecule has 2 aromatic carbocycles. The van der Waals surface area contributed by atoms with Crippen LogP contribution in [0.25, 0.3) is 11.3 Å². The molecule has 0 aromatic heterocycles. The second kappa shape index (κ2) is 5.38. The molecule has 1 aliphatic heterocycles. The van der Waals surface area contributed by atoms with E-state index in [2.05, 4.69) is 79.8 Å². The summed E-state index contributed by atoms with van der Waals surface area (Å²) in [7, 11) is 0. The molecule has 20 heavy (non-hydrogen) atoms. The fourth-order valence-corrected chi connectivity index (χ4v) is 2.69. The van der Waals surface area contributed by atoms with Gasteiger partial charge in [0.15, 0.2) is 0 Å². The highest BCUT2D eigenvalue weighted by Crippen LogP contribution is 2.27. The lowest BCUT2D eigenvalue weighted by molar-refractivity contribution is 0.993. The Hall–Kier alpha value is -2.28. The number of nitrogens with one attached hydrogen (secondary N) is 1. The first kappa shape index (κ1) is 12.7. The zero-order valence-electron chi connectivity index (χ0n) is 12.0. The monoisotopic (exact) mass is 261 g/mol. The molecule has 2 aromatic rings. The molecule has 0 amide bonds. The van der Waals surface area contributed by atoms with E-state index in [0.717, 1.165) is 6.54 Å². The van der Waals surface area contributed by atoms with Crippen LogP contribution in [-0.2, 0) is 0 Å². The molecule has 1 N–H and O–H groups in total. The molecule has 100 valence electrons. The highest BCUT2D eigenvalue weighted by atomic mass is 14.9. The summed E-state index contributed by atoms with van der Waals surface area (Å²) in [5.74, 6) is 0. The quantitative estimate of drug-likeness (QED) is 0.844. The summed E-state index contributed by atoms with van der Waals surface area (Å²) in [6, 6.07) is 19.1. The maximum atomic E-state index is 3.56. The fourth-order valence-electron chi connectivity index (χ4n) is 2.69. The van der Waals surface area contributed by atoms with Crippen LogP contribution in [0.15, 0.2) is 66.2 Å². The third-order valence-electron chi connectivity index (χ3n) is 3.85. The average molecular weight is 261 g/mol. The Morgan fingerprint density at radius 1 is 0.850 bits per heavy atom. The van der Waals surface area contributed by atoms with Crippen LogP contribution in [0.5, 0.6) is 0 Å². The van der Waals surface area contributed by atoms with Crippen molar-refractivity contribution in [2.45, 2.75) is 13.8 Å². The van der Waals surface area contributed by atoms with Crippen LogP contribution in [0, 0.1) is 6.92 Å². The molecule has 0 saturated heterocycles. The molecule has 1 nitrogen and oxygen atoms in total. The summed E-state index contributed by atoms with van der Waals surface area (Å²) in [4.78, 5) is 0. The molecule has 0 radical (unpaired) electrons. The van der Waals surface area contributed by atoms with Gasteiger partial charge in [0, 0.05) is 17.8 Å². The smallest absolute Gasteiger partial charge is 0.0421 e. The zero-order chi connectivity index (χ0) is 13.9. The molecule has 1 heteroatoms. The third-order valence-corrected chi connectivity index (χ3v) is 3.85. The Labute approximate surface area is 120 Å². The fraction of sp³-hybridized carbons (Fsp3) is 0.158. The average Bonchev–Trinajstić information content (AvgIpc) is 2.48. The molecule has 3 rings (SSSR count). The van der Waals surface area contributed by atoms with E-state index in [4.69, 9.17) is 0 Å². The standard InChI is InChI=1S/C19H19N/c1-14-8-6-7-11-17(14)19-12-15(2)18(13-20-19)16-9-4-3-5-10-16/h3-12,20H,13H2,1-2H3. The summed E-state index contributed by atoms with van der Waals surface area (Å²) in [5.41, 5.74) is 7.84. The van der Waals surface area contributed by atoms with E-state index >= 15 is 0 Å². The van der Waals surface area contributed by atoms with Crippen LogP contribution in [0.2, 0.25) is 0 Å². The first-order chi connectivity index (χ1) is 9.75. The van der Waals surface area contributed by atoms with Crippen LogP contribution in [0.3, 0.4) is 0 Å². The van der Waals surface area contributed by atoms with Crippen molar-refractivity contribution >= 4 is 11.3 Å². The van der Waals surface area contributed by atoms with Crippen molar-refractivity contribution in [2.75, 3.05) is 6.54 Å². The molecule has 0 spiro atoms. The van der Waals surface area contributed by atoms with Gasteiger partial charge in [-0.3, -0.25) is 0 Å². The summed E-state index contributed by atoms with van der Waals surface area (Å²) in [6.07, 6.45) is 2.26. The Morgan fingerprint density at radius 2 is 1.55 bits per heavy atom. The number of hydrogen-bond acceptors (Lipinski definition) is 1. The molecule has 0 saturated carbocycles. The third kappa shape index (κ3) is 2.39. The summed E-state index contributed by atoms with van der Waals surface area (Å²) < 4.78 is 0. The van der Waals surface area contributed by atoms with Gasteiger partial charge in [0.2, 0.25) is 0 Å². The van der Waals surface area contributed by atoms with Gasteiger partial charge in [-0.2, -0.15) is 0 Å². The van der Waals surface area contributed by atoms with Gasteiger partial charge in [-0.15, -0.1) is 0 Å². The predicted octanol–water partition coefficient (Wildman–Crippen LogP) is 4.41. The first-order valence-electron chi connectivity index (χ1n) is 7.02. The maximum absolute atomic E-state index is 3.56. The van der Waals surface area contributed by atoms with E-state index in [1.807, 2.05) is 0 Å². The van der Waals surface area contributed by atoms with E-state index in [1.54, 1.807) is 0 Å². The Kier molecular flexibility index (Phi) is 3.42. The zero-order valence-corrected chi connectivity index (χ0v) is 12.0. The lowest BCUT2D eigenvalue weighted by Crippen LogP contribution is -2.20. The number of aryl methyl sites for hydroxylation is 1. The van der Waals surface area contributed by atoms with Crippen molar-refractivity contribution in [1.82, 2.24) is 5.32 Å². The summed E-state index contributed by atoms with van der Waals surface area (Å²) in [5, 5.41) is 3.56. The topological polar surface area (TPSA) is 12.0 Å². The number of rotatable bonds is 2. The molecule has 1 aliphatic rings. The number of benzene rings is 2. The first-order valence-corrected chi connectivity index (χ1v) is 7.02. The van der Waals surface area contributed by atoms with Gasteiger partial charge in [0.1, 0.15) is 0 Å². The predicted molar refractivity (Wildman–Crippen MR) is 86.2 cm³/mol. The highest BCUT2D eigenvalue weighted by molar-refractivity contribution is 5.81. The number of hydrogen-bond donors (Lipinski definition) is 1. The minimum absolute atomic E-state index is 0.885. The van der Waals surface area contributed by atoms with Crippen molar-refractivity contribution in [3.63, 3.8) is 0 Å². The van der Waals surface area contributed by atoms with Gasteiger partial charge in [-0.05, 0) is 42.2 Å². The lowest BCUT2D eigenvalue weighted by Gasteiger charge is -2.22. The van der Waals surface area contributed by atoms with Crippen LogP contribution in [0.4, 0.5) is 0 Å². The summed E-state index contributed by atoms with van der Waals surface area (Å²) in [6.45, 7) is 5.24. The van der Waals surface area contributed by atoms with E-state index in [9.17, 15) is 0 Å². The van der Waals surface area contributed by atoms with E-state index < -0.39 is 0 Å². The van der Waals surface area contributed by atoms with Gasteiger partial charge >= 0.3 is 0 Å². The summed E-state index contributed by atoms with van der Waals surface area (Å²) >= 11 is 0. The van der Waals surface area contributed by atoms with Crippen molar-refractivity contribution in [3.8, 4) is 0 Å². The van der Waals surface area contributed by atoms with E-state index in [1.165, 1.54) is 33.5 Å². The molecule has 0 bridgehead atoms. The SMILES string of the molecule is CC1=C(c2ccccc2)CNC(c2ccccc2C)=C1. The van der Waals surface area contributed by atoms with Crippen molar-refractivity contribution in [1.29, 1.82) is 0 Å². The molecule has 0 fully saturated rings. The lowest BCUT2D eigenvalue weighted by atomic mass is 9.94. The normalized spacial score (nSPS) is 14.8. The van der Waals surface area contributed by atoms with Gasteiger partial charge in [0.25, 0.3) is 0 Å². The van der Waals surface area contributed by atoms with E-state index in [0.29, 0.717) is 0 Å². The molecule has 0 unspecified atom stereocenters. The maximum Gasteiger partial charge on any atom is 0.0421 e. The van der Waals surface area contributed by atoms with Gasteiger partial charge in [-0.1, -0.05) is 54.6 Å². The second-order valence-corrected chi connectivity index (χ2v) is 5.25. The Balaban J connectivity index is 2.00. The number of allylic oxidation sites excluding steroid dienone is 2. The van der Waals surface area contributed by atoms with Crippen molar-refractivity contribution in [2.24, 2.45) is 0 Å². The second-order valence-electron chi connectivity index (χ2n) is 5.25. The van der Waals surface area contributed by atoms with Crippen molar-refractivity contribution < 1.29 is 0 Å². The number of dihydropyridines is 1. The molecule has 0 aliphatic carbocycles. The van der Waals surface area contributed by atoms with Gasteiger partial charge in [0.05, 0.1) is 0 Å². The highest BCUT2D eigenvalue weighted by Gasteiger charge is 2.13. The van der Waals surface area contributed by atoms with Crippen LogP contribution >= 0.6 is 0 Å². The van der Waals surface area contributed by atoms with Crippen LogP contribution in [-0.4, -0.2) is 6.54 Å². The molecule has 1 heterocycles. The molecule has 0 atom stereocenters.